The van der Waals surface area contributed by atoms with Gasteiger partial charge in [0.25, 0.3) is 5.91 Å². The Morgan fingerprint density at radius 1 is 1.17 bits per heavy atom. The van der Waals surface area contributed by atoms with Crippen LogP contribution in [0.25, 0.3) is 0 Å². The van der Waals surface area contributed by atoms with Crippen molar-refractivity contribution in [1.29, 1.82) is 0 Å². The normalized spacial score (nSPS) is 18.6. The molecule has 0 radical (unpaired) electrons. The molecule has 6 nitrogen and oxygen atoms in total. The molecule has 1 atom stereocenters. The smallest absolute Gasteiger partial charge is 0.325 e. The summed E-state index contributed by atoms with van der Waals surface area (Å²) in [6.45, 7) is 1.93. The van der Waals surface area contributed by atoms with Gasteiger partial charge in [-0.3, -0.25) is 9.69 Å². The Morgan fingerprint density at radius 3 is 2.57 bits per heavy atom. The van der Waals surface area contributed by atoms with E-state index in [0.29, 0.717) is 27.0 Å². The SMILES string of the molecule is CC1(c2ccc(Cl)cc2)NC(=O)N(Cc2csc(COc3ccc(F)cc3)n2)C1=O. The fraction of sp³-hybridized carbons (Fsp3) is 0.190. The van der Waals surface area contributed by atoms with E-state index in [1.807, 2.05) is 0 Å². The topological polar surface area (TPSA) is 71.5 Å². The molecule has 3 aromatic rings. The van der Waals surface area contributed by atoms with Crippen molar-refractivity contribution in [3.05, 3.63) is 81.0 Å². The summed E-state index contributed by atoms with van der Waals surface area (Å²) < 4.78 is 18.5. The van der Waals surface area contributed by atoms with Gasteiger partial charge in [-0.25, -0.2) is 14.2 Å². The lowest BCUT2D eigenvalue weighted by molar-refractivity contribution is -0.131. The standard InChI is InChI=1S/C21H17ClFN3O3S/c1-21(13-2-4-14(22)5-3-13)19(27)26(20(28)25-21)10-16-12-30-18(24-16)11-29-17-8-6-15(23)7-9-17/h2-9,12H,10-11H2,1H3,(H,25,28). The molecule has 154 valence electrons. The van der Waals surface area contributed by atoms with Crippen LogP contribution in [-0.4, -0.2) is 21.8 Å². The minimum atomic E-state index is -1.16. The number of ether oxygens (including phenoxy) is 1. The number of urea groups is 1. The molecule has 0 aliphatic carbocycles. The van der Waals surface area contributed by atoms with Gasteiger partial charge >= 0.3 is 6.03 Å². The zero-order chi connectivity index (χ0) is 21.3. The third-order valence-electron chi connectivity index (χ3n) is 4.79. The van der Waals surface area contributed by atoms with Gasteiger partial charge in [-0.15, -0.1) is 11.3 Å². The van der Waals surface area contributed by atoms with Gasteiger partial charge < -0.3 is 10.1 Å². The first-order valence-corrected chi connectivity index (χ1v) is 10.3. The lowest BCUT2D eigenvalue weighted by atomic mass is 9.92. The second-order valence-electron chi connectivity index (χ2n) is 6.93. The van der Waals surface area contributed by atoms with E-state index in [1.165, 1.54) is 35.6 Å². The monoisotopic (exact) mass is 445 g/mol. The number of amides is 3. The summed E-state index contributed by atoms with van der Waals surface area (Å²) in [6, 6.07) is 12.0. The van der Waals surface area contributed by atoms with Crippen LogP contribution in [-0.2, 0) is 23.5 Å². The van der Waals surface area contributed by atoms with E-state index >= 15 is 0 Å². The number of halogens is 2. The van der Waals surface area contributed by atoms with E-state index < -0.39 is 11.6 Å². The highest BCUT2D eigenvalue weighted by Crippen LogP contribution is 2.30. The Labute approximate surface area is 181 Å². The number of nitrogens with one attached hydrogen (secondary N) is 1. The molecule has 1 N–H and O–H groups in total. The fourth-order valence-corrected chi connectivity index (χ4v) is 3.97. The van der Waals surface area contributed by atoms with E-state index in [0.717, 1.165) is 4.90 Å². The van der Waals surface area contributed by atoms with Crippen molar-refractivity contribution in [3.63, 3.8) is 0 Å². The van der Waals surface area contributed by atoms with Gasteiger partial charge in [0.05, 0.1) is 12.2 Å². The molecule has 2 aromatic carbocycles. The predicted molar refractivity (Wildman–Crippen MR) is 111 cm³/mol. The molecule has 1 fully saturated rings. The molecule has 2 heterocycles. The summed E-state index contributed by atoms with van der Waals surface area (Å²) in [5.74, 6) is -0.161. The molecular weight excluding hydrogens is 429 g/mol. The van der Waals surface area contributed by atoms with Crippen LogP contribution >= 0.6 is 22.9 Å². The van der Waals surface area contributed by atoms with E-state index in [2.05, 4.69) is 10.3 Å². The Balaban J connectivity index is 1.43. The van der Waals surface area contributed by atoms with Crippen molar-refractivity contribution in [1.82, 2.24) is 15.2 Å². The van der Waals surface area contributed by atoms with Crippen molar-refractivity contribution >= 4 is 34.9 Å². The Morgan fingerprint density at radius 2 is 1.87 bits per heavy atom. The fourth-order valence-electron chi connectivity index (χ4n) is 3.15. The largest absolute Gasteiger partial charge is 0.486 e. The molecular formula is C21H17ClFN3O3S. The number of aromatic nitrogens is 1. The first kappa shape index (κ1) is 20.3. The molecule has 1 saturated heterocycles. The Kier molecular flexibility index (Phi) is 5.44. The highest BCUT2D eigenvalue weighted by molar-refractivity contribution is 7.09. The van der Waals surface area contributed by atoms with Crippen molar-refractivity contribution in [3.8, 4) is 5.75 Å². The lowest BCUT2D eigenvalue weighted by Crippen LogP contribution is -2.40. The number of hydrogen-bond donors (Lipinski definition) is 1. The molecule has 1 aromatic heterocycles. The van der Waals surface area contributed by atoms with Crippen LogP contribution in [0.3, 0.4) is 0 Å². The van der Waals surface area contributed by atoms with Gasteiger partial charge in [0.1, 0.15) is 28.7 Å². The van der Waals surface area contributed by atoms with E-state index in [4.69, 9.17) is 16.3 Å². The van der Waals surface area contributed by atoms with Crippen LogP contribution in [0.5, 0.6) is 5.75 Å². The Hall–Kier alpha value is -2.97. The van der Waals surface area contributed by atoms with Gasteiger partial charge in [0, 0.05) is 10.4 Å². The maximum absolute atomic E-state index is 13.0. The van der Waals surface area contributed by atoms with Crippen molar-refractivity contribution in [2.45, 2.75) is 25.6 Å². The number of benzene rings is 2. The zero-order valence-electron chi connectivity index (χ0n) is 15.9. The summed E-state index contributed by atoms with van der Waals surface area (Å²) in [4.78, 5) is 31.1. The van der Waals surface area contributed by atoms with Gasteiger partial charge in [0.2, 0.25) is 0 Å². The van der Waals surface area contributed by atoms with Crippen LogP contribution in [0.1, 0.15) is 23.2 Å². The molecule has 0 saturated carbocycles. The molecule has 9 heteroatoms. The number of carbonyl (C=O) groups is 2. The van der Waals surface area contributed by atoms with Crippen LogP contribution in [0.4, 0.5) is 9.18 Å². The highest BCUT2D eigenvalue weighted by atomic mass is 35.5. The summed E-state index contributed by atoms with van der Waals surface area (Å²) in [5, 5.41) is 5.77. The number of rotatable bonds is 6. The first-order valence-electron chi connectivity index (χ1n) is 9.07. The van der Waals surface area contributed by atoms with Gasteiger partial charge in [0.15, 0.2) is 0 Å². The number of carbonyl (C=O) groups excluding carboxylic acids is 2. The average molecular weight is 446 g/mol. The molecule has 0 bridgehead atoms. The van der Waals surface area contributed by atoms with E-state index in [9.17, 15) is 14.0 Å². The zero-order valence-corrected chi connectivity index (χ0v) is 17.5. The predicted octanol–water partition coefficient (Wildman–Crippen LogP) is 4.48. The number of thiazole rings is 1. The summed E-state index contributed by atoms with van der Waals surface area (Å²) in [5.41, 5.74) is 0.0765. The average Bonchev–Trinajstić information content (AvgIpc) is 3.26. The highest BCUT2D eigenvalue weighted by Gasteiger charge is 2.49. The van der Waals surface area contributed by atoms with Crippen molar-refractivity contribution in [2.24, 2.45) is 0 Å². The number of nitrogens with zero attached hydrogens (tertiary/aromatic N) is 2. The summed E-state index contributed by atoms with van der Waals surface area (Å²) in [7, 11) is 0. The molecule has 3 amide bonds. The van der Waals surface area contributed by atoms with E-state index in [1.54, 1.807) is 36.6 Å². The van der Waals surface area contributed by atoms with Gasteiger partial charge in [-0.05, 0) is 48.9 Å². The van der Waals surface area contributed by atoms with Crippen molar-refractivity contribution < 1.29 is 18.7 Å². The molecule has 1 aliphatic heterocycles. The quantitative estimate of drug-likeness (QED) is 0.568. The third kappa shape index (κ3) is 4.01. The van der Waals surface area contributed by atoms with Crippen LogP contribution in [0.2, 0.25) is 5.02 Å². The minimum absolute atomic E-state index is 0.0564. The Bertz CT molecular complexity index is 1090. The van der Waals surface area contributed by atoms with Crippen LogP contribution < -0.4 is 10.1 Å². The number of imide groups is 1. The lowest BCUT2D eigenvalue weighted by Gasteiger charge is -2.22. The first-order chi connectivity index (χ1) is 14.3. The second-order valence-corrected chi connectivity index (χ2v) is 8.31. The summed E-state index contributed by atoms with van der Waals surface area (Å²) in [6.07, 6.45) is 0. The summed E-state index contributed by atoms with van der Waals surface area (Å²) >= 11 is 7.28. The third-order valence-corrected chi connectivity index (χ3v) is 5.92. The molecule has 1 aliphatic rings. The minimum Gasteiger partial charge on any atom is -0.486 e. The molecule has 4 rings (SSSR count). The number of hydrogen-bond acceptors (Lipinski definition) is 5. The maximum atomic E-state index is 13.0. The van der Waals surface area contributed by atoms with Crippen LogP contribution in [0, 0.1) is 5.82 Å². The van der Waals surface area contributed by atoms with Crippen LogP contribution in [0.15, 0.2) is 53.9 Å². The van der Waals surface area contributed by atoms with E-state index in [-0.39, 0.29) is 24.9 Å². The molecule has 30 heavy (non-hydrogen) atoms. The van der Waals surface area contributed by atoms with Crippen molar-refractivity contribution in [2.75, 3.05) is 0 Å². The molecule has 0 spiro atoms. The molecule has 1 unspecified atom stereocenters. The van der Waals surface area contributed by atoms with Gasteiger partial charge in [-0.2, -0.15) is 0 Å². The maximum Gasteiger partial charge on any atom is 0.325 e. The second kappa shape index (κ2) is 8.04. The van der Waals surface area contributed by atoms with Gasteiger partial charge in [-0.1, -0.05) is 23.7 Å².